The molecule has 0 spiro atoms. The van der Waals surface area contributed by atoms with E-state index in [1.54, 1.807) is 19.1 Å². The number of nitrogens with zero attached hydrogens (tertiary/aromatic N) is 1. The minimum Gasteiger partial charge on any atom is -0.481 e. The Hall–Kier alpha value is -5.57. The highest BCUT2D eigenvalue weighted by Crippen LogP contribution is 2.20. The van der Waals surface area contributed by atoms with Crippen LogP contribution in [0.25, 0.3) is 6.08 Å². The van der Waals surface area contributed by atoms with Crippen LogP contribution in [-0.2, 0) is 49.5 Å². The third-order valence-corrected chi connectivity index (χ3v) is 8.70. The summed E-state index contributed by atoms with van der Waals surface area (Å²) in [6.07, 6.45) is 3.31. The highest BCUT2D eigenvalue weighted by molar-refractivity contribution is 5.93. The van der Waals surface area contributed by atoms with Crippen LogP contribution in [0.5, 0.6) is 0 Å². The molecule has 3 rings (SSSR count). The molecule has 15 nitrogen and oxygen atoms in total. The molecule has 1 aliphatic heterocycles. The fraction of sp³-hybridized carbons (Fsp3) is 0.432. The molecule has 0 aromatic heterocycles. The van der Waals surface area contributed by atoms with E-state index in [9.17, 15) is 33.6 Å². The lowest BCUT2D eigenvalue weighted by atomic mass is 9.97. The molecule has 52 heavy (non-hydrogen) atoms. The Balaban J connectivity index is 1.70. The van der Waals surface area contributed by atoms with Crippen molar-refractivity contribution in [2.45, 2.75) is 75.7 Å². The van der Waals surface area contributed by atoms with E-state index in [1.165, 1.54) is 4.90 Å². The Bertz CT molecular complexity index is 1590. The SMILES string of the molecule is COC(=O)[C@H](CCC(=O)N1CCC[C@H]1C(=O)N[C@H](CC(=O)O)C(=O)OC)NC(=O)[C@@H](C)[C@H](/C=C/c1ccccc1)NC(=O)[C@H](N)Cc1ccccc1. The average Bonchev–Trinajstić information content (AvgIpc) is 3.64. The maximum atomic E-state index is 13.6. The number of nitrogens with one attached hydrogen (secondary N) is 3. The number of carboxylic acid groups (broad SMARTS) is 1. The number of amides is 4. The van der Waals surface area contributed by atoms with E-state index in [-0.39, 0.29) is 32.2 Å². The van der Waals surface area contributed by atoms with Gasteiger partial charge in [0.15, 0.2) is 0 Å². The van der Waals surface area contributed by atoms with Crippen LogP contribution in [0.4, 0.5) is 0 Å². The van der Waals surface area contributed by atoms with Gasteiger partial charge in [0.1, 0.15) is 18.1 Å². The molecule has 15 heteroatoms. The predicted octanol–water partition coefficient (Wildman–Crippen LogP) is 0.952. The summed E-state index contributed by atoms with van der Waals surface area (Å²) >= 11 is 0. The Morgan fingerprint density at radius 2 is 1.50 bits per heavy atom. The van der Waals surface area contributed by atoms with Gasteiger partial charge in [-0.25, -0.2) is 9.59 Å². The number of carboxylic acids is 1. The number of nitrogens with two attached hydrogens (primary N) is 1. The van der Waals surface area contributed by atoms with Crippen LogP contribution < -0.4 is 21.7 Å². The molecule has 0 unspecified atom stereocenters. The molecule has 6 atom stereocenters. The van der Waals surface area contributed by atoms with Crippen LogP contribution in [0.3, 0.4) is 0 Å². The zero-order valence-electron chi connectivity index (χ0n) is 29.5. The zero-order chi connectivity index (χ0) is 38.2. The summed E-state index contributed by atoms with van der Waals surface area (Å²) in [6, 6.07) is 13.1. The third-order valence-electron chi connectivity index (χ3n) is 8.70. The first kappa shape index (κ1) is 40.9. The van der Waals surface area contributed by atoms with E-state index in [1.807, 2.05) is 60.7 Å². The smallest absolute Gasteiger partial charge is 0.328 e. The van der Waals surface area contributed by atoms with E-state index in [4.69, 9.17) is 15.6 Å². The lowest BCUT2D eigenvalue weighted by molar-refractivity contribution is -0.150. The van der Waals surface area contributed by atoms with Crippen molar-refractivity contribution in [2.75, 3.05) is 20.8 Å². The molecule has 2 aromatic carbocycles. The van der Waals surface area contributed by atoms with Gasteiger partial charge < -0.3 is 41.2 Å². The zero-order valence-corrected chi connectivity index (χ0v) is 29.5. The minimum atomic E-state index is -1.44. The first-order valence-corrected chi connectivity index (χ1v) is 16.9. The van der Waals surface area contributed by atoms with Gasteiger partial charge in [-0.05, 0) is 36.8 Å². The van der Waals surface area contributed by atoms with Gasteiger partial charge in [-0.3, -0.25) is 24.0 Å². The van der Waals surface area contributed by atoms with Crippen molar-refractivity contribution in [3.63, 3.8) is 0 Å². The lowest BCUT2D eigenvalue weighted by Crippen LogP contribution is -2.53. The maximum Gasteiger partial charge on any atom is 0.328 e. The molecule has 1 saturated heterocycles. The van der Waals surface area contributed by atoms with Gasteiger partial charge in [0, 0.05) is 13.0 Å². The summed E-state index contributed by atoms with van der Waals surface area (Å²) in [4.78, 5) is 90.5. The van der Waals surface area contributed by atoms with Crippen molar-refractivity contribution < 1.29 is 48.1 Å². The second kappa shape index (κ2) is 20.3. The topological polar surface area (TPSA) is 224 Å². The van der Waals surface area contributed by atoms with Crippen LogP contribution in [-0.4, -0.2) is 103 Å². The number of methoxy groups -OCH3 is 2. The van der Waals surface area contributed by atoms with Gasteiger partial charge in [0.05, 0.1) is 38.6 Å². The number of carbonyl (C=O) groups excluding carboxylic acids is 6. The molecule has 1 fully saturated rings. The number of esters is 2. The third kappa shape index (κ3) is 12.3. The molecule has 1 heterocycles. The molecule has 6 N–H and O–H groups in total. The van der Waals surface area contributed by atoms with E-state index in [0.29, 0.717) is 6.42 Å². The molecule has 1 aliphatic rings. The number of rotatable bonds is 18. The normalized spacial score (nSPS) is 16.8. The highest BCUT2D eigenvalue weighted by Gasteiger charge is 2.37. The summed E-state index contributed by atoms with van der Waals surface area (Å²) in [5.41, 5.74) is 7.92. The summed E-state index contributed by atoms with van der Waals surface area (Å²) in [7, 11) is 2.20. The largest absolute Gasteiger partial charge is 0.481 e. The maximum absolute atomic E-state index is 13.6. The summed E-state index contributed by atoms with van der Waals surface area (Å²) in [5, 5.41) is 17.0. The van der Waals surface area contributed by atoms with Gasteiger partial charge >= 0.3 is 17.9 Å². The molecule has 0 radical (unpaired) electrons. The fourth-order valence-corrected chi connectivity index (χ4v) is 5.74. The summed E-state index contributed by atoms with van der Waals surface area (Å²) in [6.45, 7) is 1.80. The van der Waals surface area contributed by atoms with Crippen LogP contribution in [0.15, 0.2) is 66.7 Å². The van der Waals surface area contributed by atoms with Gasteiger partial charge in [-0.2, -0.15) is 0 Å². The van der Waals surface area contributed by atoms with E-state index < -0.39 is 84.1 Å². The number of benzene rings is 2. The number of carbonyl (C=O) groups is 7. The standard InChI is InChI=1S/C37H47N5O10/c1-23(27(17-16-24-11-6-4-7-12-24)39-34(47)26(38)21-25-13-8-5-9-14-25)33(46)40-28(36(49)51-2)18-19-31(43)42-20-10-15-30(42)35(48)41-29(22-32(44)45)37(50)52-3/h4-9,11-14,16-17,23,26-30H,10,15,18-22,38H2,1-3H3,(H,39,47)(H,40,46)(H,41,48)(H,44,45)/b17-16+/t23-,26+,27-,28-,29+,30-/m0/s1. The van der Waals surface area contributed by atoms with Crippen molar-refractivity contribution in [1.82, 2.24) is 20.9 Å². The quantitative estimate of drug-likeness (QED) is 0.136. The molecule has 2 aromatic rings. The van der Waals surface area contributed by atoms with Crippen molar-refractivity contribution in [2.24, 2.45) is 11.7 Å². The lowest BCUT2D eigenvalue weighted by Gasteiger charge is -2.27. The van der Waals surface area contributed by atoms with Crippen LogP contribution in [0, 0.1) is 5.92 Å². The van der Waals surface area contributed by atoms with Crippen LogP contribution >= 0.6 is 0 Å². The number of hydrogen-bond acceptors (Lipinski definition) is 10. The van der Waals surface area contributed by atoms with Crippen molar-refractivity contribution in [3.05, 3.63) is 77.9 Å². The second-order valence-electron chi connectivity index (χ2n) is 12.4. The second-order valence-corrected chi connectivity index (χ2v) is 12.4. The number of hydrogen-bond donors (Lipinski definition) is 5. The Labute approximate surface area is 302 Å². The van der Waals surface area contributed by atoms with Crippen LogP contribution in [0.2, 0.25) is 0 Å². The summed E-state index contributed by atoms with van der Waals surface area (Å²) < 4.78 is 9.49. The minimum absolute atomic E-state index is 0.169. The first-order chi connectivity index (χ1) is 24.8. The fourth-order valence-electron chi connectivity index (χ4n) is 5.74. The Morgan fingerprint density at radius 1 is 0.885 bits per heavy atom. The van der Waals surface area contributed by atoms with Crippen molar-refractivity contribution in [1.29, 1.82) is 0 Å². The average molecular weight is 722 g/mol. The summed E-state index contributed by atoms with van der Waals surface area (Å²) in [5.74, 6) is -6.27. The van der Waals surface area contributed by atoms with E-state index in [2.05, 4.69) is 20.7 Å². The molecular weight excluding hydrogens is 674 g/mol. The number of likely N-dealkylation sites (tertiary alicyclic amines) is 1. The van der Waals surface area contributed by atoms with Gasteiger partial charge in [-0.15, -0.1) is 0 Å². The first-order valence-electron chi connectivity index (χ1n) is 16.9. The molecule has 0 saturated carbocycles. The molecule has 4 amide bonds. The monoisotopic (exact) mass is 721 g/mol. The Kier molecular flexibility index (Phi) is 16.0. The Morgan fingerprint density at radius 3 is 2.12 bits per heavy atom. The molecule has 0 bridgehead atoms. The van der Waals surface area contributed by atoms with Crippen LogP contribution in [0.1, 0.15) is 50.2 Å². The highest BCUT2D eigenvalue weighted by atomic mass is 16.5. The van der Waals surface area contributed by atoms with E-state index in [0.717, 1.165) is 25.3 Å². The van der Waals surface area contributed by atoms with Gasteiger partial charge in [0.2, 0.25) is 23.6 Å². The molecule has 280 valence electrons. The van der Waals surface area contributed by atoms with Gasteiger partial charge in [0.25, 0.3) is 0 Å². The predicted molar refractivity (Wildman–Crippen MR) is 189 cm³/mol. The van der Waals surface area contributed by atoms with E-state index >= 15 is 0 Å². The molecule has 0 aliphatic carbocycles. The molecular formula is C37H47N5O10. The number of ether oxygens (including phenoxy) is 2. The van der Waals surface area contributed by atoms with Gasteiger partial charge in [-0.1, -0.05) is 79.7 Å². The van der Waals surface area contributed by atoms with Crippen molar-refractivity contribution in [3.8, 4) is 0 Å². The van der Waals surface area contributed by atoms with Crippen molar-refractivity contribution >= 4 is 47.6 Å². The number of aliphatic carboxylic acids is 1.